The molecular weight excluding hydrogens is 364 g/mol. The molecule has 0 spiro atoms. The summed E-state index contributed by atoms with van der Waals surface area (Å²) in [5.41, 5.74) is 1.11. The van der Waals surface area contributed by atoms with Gasteiger partial charge < -0.3 is 9.16 Å². The Kier molecular flexibility index (Phi) is 11.9. The molecule has 0 aliphatic heterocycles. The van der Waals surface area contributed by atoms with Crippen molar-refractivity contribution >= 4 is 14.1 Å². The second-order valence-corrected chi connectivity index (χ2v) is 12.9. The van der Waals surface area contributed by atoms with Crippen LogP contribution in [-0.2, 0) is 11.2 Å². The molecule has 1 aromatic rings. The third kappa shape index (κ3) is 11.3. The van der Waals surface area contributed by atoms with Gasteiger partial charge in [0, 0.05) is 6.42 Å². The first kappa shape index (κ1) is 24.5. The molecular formula is C24H40O3Si. The highest BCUT2D eigenvalue weighted by molar-refractivity contribution is 6.70. The molecule has 0 N–H and O–H groups in total. The van der Waals surface area contributed by atoms with Gasteiger partial charge in [0.1, 0.15) is 5.75 Å². The maximum absolute atomic E-state index is 12.1. The van der Waals surface area contributed by atoms with E-state index in [0.29, 0.717) is 6.42 Å². The van der Waals surface area contributed by atoms with Gasteiger partial charge in [-0.3, -0.25) is 4.79 Å². The minimum atomic E-state index is -1.68. The van der Waals surface area contributed by atoms with Gasteiger partial charge in [-0.2, -0.15) is 0 Å². The van der Waals surface area contributed by atoms with Crippen molar-refractivity contribution in [2.45, 2.75) is 90.8 Å². The Morgan fingerprint density at radius 3 is 2.32 bits per heavy atom. The van der Waals surface area contributed by atoms with E-state index >= 15 is 0 Å². The lowest BCUT2D eigenvalue weighted by Gasteiger charge is -2.21. The Morgan fingerprint density at radius 1 is 1.00 bits per heavy atom. The first-order valence-electron chi connectivity index (χ1n) is 10.9. The van der Waals surface area contributed by atoms with E-state index in [2.05, 4.69) is 26.6 Å². The van der Waals surface area contributed by atoms with E-state index in [9.17, 15) is 4.79 Å². The highest BCUT2D eigenvalue weighted by Crippen LogP contribution is 2.30. The van der Waals surface area contributed by atoms with Crippen molar-refractivity contribution in [3.8, 4) is 11.5 Å². The fraction of sp³-hybridized carbons (Fsp3) is 0.625. The first-order valence-corrected chi connectivity index (χ1v) is 14.3. The number of methoxy groups -OCH3 is 1. The van der Waals surface area contributed by atoms with E-state index in [4.69, 9.17) is 9.16 Å². The predicted octanol–water partition coefficient (Wildman–Crippen LogP) is 7.11. The van der Waals surface area contributed by atoms with Gasteiger partial charge in [-0.15, -0.1) is 0 Å². The van der Waals surface area contributed by atoms with Crippen LogP contribution in [0.1, 0.15) is 70.3 Å². The molecule has 0 amide bonds. The fourth-order valence-corrected chi connectivity index (χ4v) is 3.90. The topological polar surface area (TPSA) is 35.5 Å². The SMILES string of the molecule is CCCCCCCCC/C=C/C(=O)CCc1ccc(O[Si](C)(C)C)c(OC)c1. The van der Waals surface area contributed by atoms with Crippen molar-refractivity contribution in [2.75, 3.05) is 7.11 Å². The highest BCUT2D eigenvalue weighted by atomic mass is 28.4. The van der Waals surface area contributed by atoms with Gasteiger partial charge in [0.25, 0.3) is 0 Å². The number of aryl methyl sites for hydroxylation is 1. The van der Waals surface area contributed by atoms with Crippen molar-refractivity contribution in [2.24, 2.45) is 0 Å². The summed E-state index contributed by atoms with van der Waals surface area (Å²) in [6, 6.07) is 5.99. The molecule has 1 aromatic carbocycles. The number of benzene rings is 1. The molecule has 28 heavy (non-hydrogen) atoms. The standard InChI is InChI=1S/C24H40O3Si/c1-6-7-8-9-10-11-12-13-14-15-22(25)18-16-21-17-19-23(24(20-21)26-2)27-28(3,4)5/h14-15,17,19-20H,6-13,16,18H2,1-5H3/b15-14+. The van der Waals surface area contributed by atoms with Gasteiger partial charge in [-0.25, -0.2) is 0 Å². The maximum atomic E-state index is 12.1. The summed E-state index contributed by atoms with van der Waals surface area (Å²) in [5, 5.41) is 0. The molecule has 0 saturated heterocycles. The van der Waals surface area contributed by atoms with Gasteiger partial charge in [0.15, 0.2) is 11.5 Å². The summed E-state index contributed by atoms with van der Waals surface area (Å²) >= 11 is 0. The number of rotatable bonds is 15. The Morgan fingerprint density at radius 2 is 1.68 bits per heavy atom. The Balaban J connectivity index is 2.32. The quantitative estimate of drug-likeness (QED) is 0.177. The number of carbonyl (C=O) groups excluding carboxylic acids is 1. The van der Waals surface area contributed by atoms with Gasteiger partial charge in [0.05, 0.1) is 7.11 Å². The first-order chi connectivity index (χ1) is 13.4. The zero-order chi connectivity index (χ0) is 20.8. The van der Waals surface area contributed by atoms with E-state index in [1.807, 2.05) is 24.3 Å². The van der Waals surface area contributed by atoms with E-state index in [-0.39, 0.29) is 5.78 Å². The van der Waals surface area contributed by atoms with Gasteiger partial charge in [0.2, 0.25) is 8.32 Å². The summed E-state index contributed by atoms with van der Waals surface area (Å²) < 4.78 is 11.5. The van der Waals surface area contributed by atoms with Gasteiger partial charge in [-0.1, -0.05) is 57.6 Å². The number of carbonyl (C=O) groups is 1. The molecule has 158 valence electrons. The van der Waals surface area contributed by atoms with Crippen LogP contribution in [0.25, 0.3) is 0 Å². The smallest absolute Gasteiger partial charge is 0.242 e. The molecule has 0 aromatic heterocycles. The van der Waals surface area contributed by atoms with E-state index in [1.165, 1.54) is 44.9 Å². The number of allylic oxidation sites excluding steroid dienone is 2. The number of unbranched alkanes of at least 4 members (excludes halogenated alkanes) is 7. The van der Waals surface area contributed by atoms with E-state index in [0.717, 1.165) is 29.9 Å². The summed E-state index contributed by atoms with van der Waals surface area (Å²) in [7, 11) is -0.0157. The lowest BCUT2D eigenvalue weighted by atomic mass is 10.1. The molecule has 0 heterocycles. The normalized spacial score (nSPS) is 11.8. The van der Waals surface area contributed by atoms with Crippen LogP contribution in [0.2, 0.25) is 19.6 Å². The minimum Gasteiger partial charge on any atom is -0.542 e. The van der Waals surface area contributed by atoms with Crippen LogP contribution < -0.4 is 9.16 Å². The number of ether oxygens (including phenoxy) is 1. The summed E-state index contributed by atoms with van der Waals surface area (Å²) in [6.45, 7) is 8.70. The largest absolute Gasteiger partial charge is 0.542 e. The highest BCUT2D eigenvalue weighted by Gasteiger charge is 2.18. The Hall–Kier alpha value is -1.55. The average molecular weight is 405 g/mol. The Labute approximate surface area is 173 Å². The van der Waals surface area contributed by atoms with Crippen LogP contribution in [0, 0.1) is 0 Å². The molecule has 0 saturated carbocycles. The second-order valence-electron chi connectivity index (χ2n) is 8.48. The van der Waals surface area contributed by atoms with Crippen molar-refractivity contribution < 1.29 is 14.0 Å². The predicted molar refractivity (Wildman–Crippen MR) is 122 cm³/mol. The van der Waals surface area contributed by atoms with Crippen LogP contribution >= 0.6 is 0 Å². The second kappa shape index (κ2) is 13.6. The molecule has 0 fully saturated rings. The lowest BCUT2D eigenvalue weighted by Crippen LogP contribution is -2.29. The molecule has 0 aliphatic rings. The van der Waals surface area contributed by atoms with Crippen LogP contribution in [-0.4, -0.2) is 21.2 Å². The number of hydrogen-bond acceptors (Lipinski definition) is 3. The molecule has 0 aliphatic carbocycles. The molecule has 1 rings (SSSR count). The van der Waals surface area contributed by atoms with Crippen LogP contribution in [0.4, 0.5) is 0 Å². The summed E-state index contributed by atoms with van der Waals surface area (Å²) in [5.74, 6) is 1.75. The van der Waals surface area contributed by atoms with Crippen molar-refractivity contribution in [3.05, 3.63) is 35.9 Å². The van der Waals surface area contributed by atoms with Crippen LogP contribution in [0.3, 0.4) is 0 Å². The minimum absolute atomic E-state index is 0.198. The lowest BCUT2D eigenvalue weighted by molar-refractivity contribution is -0.114. The van der Waals surface area contributed by atoms with Crippen molar-refractivity contribution in [1.82, 2.24) is 0 Å². The monoisotopic (exact) mass is 404 g/mol. The molecule has 0 radical (unpaired) electrons. The van der Waals surface area contributed by atoms with Crippen molar-refractivity contribution in [1.29, 1.82) is 0 Å². The Bertz CT molecular complexity index is 602. The van der Waals surface area contributed by atoms with Crippen molar-refractivity contribution in [3.63, 3.8) is 0 Å². The summed E-state index contributed by atoms with van der Waals surface area (Å²) in [4.78, 5) is 12.1. The molecule has 0 atom stereocenters. The maximum Gasteiger partial charge on any atom is 0.242 e. The zero-order valence-corrected chi connectivity index (χ0v) is 19.7. The molecule has 0 unspecified atom stereocenters. The zero-order valence-electron chi connectivity index (χ0n) is 18.7. The third-order valence-electron chi connectivity index (χ3n) is 4.58. The fourth-order valence-electron chi connectivity index (χ4n) is 3.07. The number of hydrogen-bond donors (Lipinski definition) is 0. The molecule has 0 bridgehead atoms. The van der Waals surface area contributed by atoms with Gasteiger partial charge in [-0.05, 0) is 62.7 Å². The van der Waals surface area contributed by atoms with Crippen LogP contribution in [0.15, 0.2) is 30.4 Å². The molecule has 4 heteroatoms. The summed E-state index contributed by atoms with van der Waals surface area (Å²) in [6.07, 6.45) is 15.2. The van der Waals surface area contributed by atoms with Gasteiger partial charge >= 0.3 is 0 Å². The third-order valence-corrected chi connectivity index (χ3v) is 5.41. The number of ketones is 1. The van der Waals surface area contributed by atoms with E-state index in [1.54, 1.807) is 13.2 Å². The average Bonchev–Trinajstić information content (AvgIpc) is 2.64. The molecule has 3 nitrogen and oxygen atoms in total. The van der Waals surface area contributed by atoms with Crippen LogP contribution in [0.5, 0.6) is 11.5 Å². The van der Waals surface area contributed by atoms with E-state index < -0.39 is 8.32 Å².